The number of nitrogens with zero attached hydrogens (tertiary/aromatic N) is 1. The zero-order valence-electron chi connectivity index (χ0n) is 13.7. The summed E-state index contributed by atoms with van der Waals surface area (Å²) < 4.78 is 10.4. The highest BCUT2D eigenvalue weighted by Gasteiger charge is 2.33. The summed E-state index contributed by atoms with van der Waals surface area (Å²) in [6.45, 7) is 4.51. The first-order valence-corrected chi connectivity index (χ1v) is 7.85. The number of rotatable bonds is 6. The third-order valence-corrected chi connectivity index (χ3v) is 3.82. The Hall–Kier alpha value is -2.35. The summed E-state index contributed by atoms with van der Waals surface area (Å²) in [6, 6.07) is 2.40. The third kappa shape index (κ3) is 4.58. The van der Waals surface area contributed by atoms with E-state index in [1.165, 1.54) is 12.3 Å². The third-order valence-electron chi connectivity index (χ3n) is 3.82. The van der Waals surface area contributed by atoms with Crippen molar-refractivity contribution in [3.8, 4) is 0 Å². The van der Waals surface area contributed by atoms with Crippen molar-refractivity contribution in [2.24, 2.45) is 5.92 Å². The van der Waals surface area contributed by atoms with Gasteiger partial charge < -0.3 is 24.5 Å². The van der Waals surface area contributed by atoms with Gasteiger partial charge in [-0.1, -0.05) is 13.8 Å². The summed E-state index contributed by atoms with van der Waals surface area (Å²) in [5.41, 5.74) is 0. The molecule has 2 atom stereocenters. The quantitative estimate of drug-likeness (QED) is 0.792. The molecule has 0 aromatic carbocycles. The van der Waals surface area contributed by atoms with E-state index in [4.69, 9.17) is 14.3 Å². The summed E-state index contributed by atoms with van der Waals surface area (Å²) in [7, 11) is 0. The Morgan fingerprint density at radius 2 is 2.17 bits per heavy atom. The van der Waals surface area contributed by atoms with Crippen molar-refractivity contribution in [3.05, 3.63) is 24.2 Å². The highest BCUT2D eigenvalue weighted by Crippen LogP contribution is 2.14. The minimum atomic E-state index is -0.971. The molecule has 1 aliphatic rings. The molecule has 24 heavy (non-hydrogen) atoms. The lowest BCUT2D eigenvalue weighted by Crippen LogP contribution is -2.55. The van der Waals surface area contributed by atoms with Gasteiger partial charge in [0.1, 0.15) is 6.04 Å². The van der Waals surface area contributed by atoms with E-state index in [0.29, 0.717) is 6.54 Å². The van der Waals surface area contributed by atoms with Gasteiger partial charge in [-0.05, 0) is 18.1 Å². The van der Waals surface area contributed by atoms with Gasteiger partial charge >= 0.3 is 5.97 Å². The predicted octanol–water partition coefficient (Wildman–Crippen LogP) is 0.736. The lowest BCUT2D eigenvalue weighted by molar-refractivity contribution is -0.149. The fourth-order valence-electron chi connectivity index (χ4n) is 2.57. The van der Waals surface area contributed by atoms with Crippen LogP contribution in [-0.4, -0.2) is 59.6 Å². The molecule has 1 saturated heterocycles. The van der Waals surface area contributed by atoms with E-state index < -0.39 is 24.0 Å². The number of aliphatic carboxylic acids is 1. The molecule has 1 aromatic rings. The number of carboxylic acids is 1. The molecule has 2 rings (SSSR count). The molecule has 1 fully saturated rings. The largest absolute Gasteiger partial charge is 0.481 e. The van der Waals surface area contributed by atoms with Crippen LogP contribution in [0.25, 0.3) is 0 Å². The molecule has 2 unspecified atom stereocenters. The zero-order valence-corrected chi connectivity index (χ0v) is 13.7. The van der Waals surface area contributed by atoms with E-state index in [2.05, 4.69) is 5.32 Å². The summed E-state index contributed by atoms with van der Waals surface area (Å²) in [5.74, 6) is -1.66. The molecule has 132 valence electrons. The van der Waals surface area contributed by atoms with Crippen LogP contribution in [0.4, 0.5) is 0 Å². The Bertz CT molecular complexity index is 583. The van der Waals surface area contributed by atoms with Crippen LogP contribution in [0.1, 0.15) is 30.8 Å². The van der Waals surface area contributed by atoms with E-state index in [1.54, 1.807) is 11.0 Å². The van der Waals surface area contributed by atoms with Crippen LogP contribution in [0.3, 0.4) is 0 Å². The van der Waals surface area contributed by atoms with Crippen molar-refractivity contribution in [1.29, 1.82) is 0 Å². The van der Waals surface area contributed by atoms with Crippen LogP contribution in [0.2, 0.25) is 0 Å². The number of carbonyl (C=O) groups is 3. The van der Waals surface area contributed by atoms with E-state index in [1.807, 2.05) is 13.8 Å². The van der Waals surface area contributed by atoms with Crippen LogP contribution in [0.15, 0.2) is 22.8 Å². The van der Waals surface area contributed by atoms with Crippen molar-refractivity contribution in [2.75, 3.05) is 19.7 Å². The number of hydrogen-bond donors (Lipinski definition) is 2. The number of nitrogens with one attached hydrogen (secondary N) is 1. The van der Waals surface area contributed by atoms with Crippen LogP contribution in [-0.2, 0) is 14.3 Å². The van der Waals surface area contributed by atoms with E-state index in [-0.39, 0.29) is 37.2 Å². The lowest BCUT2D eigenvalue weighted by Gasteiger charge is -2.35. The molecule has 0 aliphatic carbocycles. The minimum absolute atomic E-state index is 0.128. The Morgan fingerprint density at radius 1 is 1.42 bits per heavy atom. The second-order valence-electron chi connectivity index (χ2n) is 6.05. The summed E-state index contributed by atoms with van der Waals surface area (Å²) in [6.07, 6.45) is 0.697. The smallest absolute Gasteiger partial charge is 0.306 e. The Balaban J connectivity index is 2.02. The van der Waals surface area contributed by atoms with E-state index in [0.717, 1.165) is 0 Å². The number of carboxylic acid groups (broad SMARTS) is 1. The SMILES string of the molecule is CC(C)C(NC(=O)c1ccco1)C(=O)N1CCOC(CC(=O)O)C1. The van der Waals surface area contributed by atoms with E-state index >= 15 is 0 Å². The topological polar surface area (TPSA) is 109 Å². The molecule has 8 nitrogen and oxygen atoms in total. The monoisotopic (exact) mass is 338 g/mol. The van der Waals surface area contributed by atoms with Crippen molar-refractivity contribution >= 4 is 17.8 Å². The summed E-state index contributed by atoms with van der Waals surface area (Å²) in [4.78, 5) is 37.3. The normalized spacial score (nSPS) is 19.1. The van der Waals surface area contributed by atoms with Crippen molar-refractivity contribution in [1.82, 2.24) is 10.2 Å². The van der Waals surface area contributed by atoms with Crippen molar-refractivity contribution < 1.29 is 28.6 Å². The number of furan rings is 1. The maximum atomic E-state index is 12.8. The first kappa shape index (κ1) is 18.0. The standard InChI is InChI=1S/C16H22N2O6/c1-10(2)14(17-15(21)12-4-3-6-24-12)16(22)18-5-7-23-11(9-18)8-13(19)20/h3-4,6,10-11,14H,5,7-9H2,1-2H3,(H,17,21)(H,19,20). The highest BCUT2D eigenvalue weighted by molar-refractivity contribution is 5.95. The fourth-order valence-corrected chi connectivity index (χ4v) is 2.57. The Morgan fingerprint density at radius 3 is 2.75 bits per heavy atom. The molecule has 0 bridgehead atoms. The van der Waals surface area contributed by atoms with Gasteiger partial charge in [0.25, 0.3) is 5.91 Å². The minimum Gasteiger partial charge on any atom is -0.481 e. The maximum Gasteiger partial charge on any atom is 0.306 e. The van der Waals surface area contributed by atoms with Crippen LogP contribution in [0.5, 0.6) is 0 Å². The van der Waals surface area contributed by atoms with Crippen LogP contribution in [0, 0.1) is 5.92 Å². The average Bonchev–Trinajstić information content (AvgIpc) is 3.05. The van der Waals surface area contributed by atoms with Gasteiger partial charge in [-0.2, -0.15) is 0 Å². The van der Waals surface area contributed by atoms with Gasteiger partial charge in [0, 0.05) is 13.1 Å². The number of hydrogen-bond acceptors (Lipinski definition) is 5. The second kappa shape index (κ2) is 7.96. The molecular formula is C16H22N2O6. The van der Waals surface area contributed by atoms with Crippen LogP contribution < -0.4 is 5.32 Å². The molecule has 2 N–H and O–H groups in total. The summed E-state index contributed by atoms with van der Waals surface area (Å²) >= 11 is 0. The molecule has 1 aliphatic heterocycles. The summed E-state index contributed by atoms with van der Waals surface area (Å²) in [5, 5.41) is 11.6. The molecule has 8 heteroatoms. The van der Waals surface area contributed by atoms with Gasteiger partial charge in [-0.3, -0.25) is 14.4 Å². The van der Waals surface area contributed by atoms with Crippen molar-refractivity contribution in [3.63, 3.8) is 0 Å². The van der Waals surface area contributed by atoms with Gasteiger partial charge in [0.2, 0.25) is 5.91 Å². The maximum absolute atomic E-state index is 12.8. The Kier molecular flexibility index (Phi) is 5.97. The van der Waals surface area contributed by atoms with Gasteiger partial charge in [0.05, 0.1) is 25.4 Å². The fraction of sp³-hybridized carbons (Fsp3) is 0.562. The van der Waals surface area contributed by atoms with Gasteiger partial charge in [-0.25, -0.2) is 0 Å². The number of ether oxygens (including phenoxy) is 1. The average molecular weight is 338 g/mol. The highest BCUT2D eigenvalue weighted by atomic mass is 16.5. The zero-order chi connectivity index (χ0) is 17.7. The second-order valence-corrected chi connectivity index (χ2v) is 6.05. The first-order chi connectivity index (χ1) is 11.4. The number of carbonyl (C=O) groups excluding carboxylic acids is 2. The van der Waals surface area contributed by atoms with Gasteiger partial charge in [0.15, 0.2) is 5.76 Å². The van der Waals surface area contributed by atoms with Crippen molar-refractivity contribution in [2.45, 2.75) is 32.4 Å². The molecular weight excluding hydrogens is 316 g/mol. The Labute approximate surface area is 139 Å². The number of amides is 2. The predicted molar refractivity (Wildman–Crippen MR) is 83.4 cm³/mol. The number of morpholine rings is 1. The molecule has 0 saturated carbocycles. The van der Waals surface area contributed by atoms with Gasteiger partial charge in [-0.15, -0.1) is 0 Å². The molecule has 1 aromatic heterocycles. The van der Waals surface area contributed by atoms with E-state index in [9.17, 15) is 14.4 Å². The van der Waals surface area contributed by atoms with Crippen LogP contribution >= 0.6 is 0 Å². The lowest BCUT2D eigenvalue weighted by atomic mass is 10.0. The molecule has 2 amide bonds. The molecule has 0 spiro atoms. The molecule has 0 radical (unpaired) electrons. The first-order valence-electron chi connectivity index (χ1n) is 7.85. The molecule has 2 heterocycles.